The van der Waals surface area contributed by atoms with E-state index in [-0.39, 0.29) is 31.4 Å². The van der Waals surface area contributed by atoms with Crippen LogP contribution in [0.25, 0.3) is 5.69 Å². The minimum absolute atomic E-state index is 0.0645. The lowest BCUT2D eigenvalue weighted by atomic mass is 10.00. The molecule has 0 saturated heterocycles. The predicted octanol–water partition coefficient (Wildman–Crippen LogP) is 3.70. The summed E-state index contributed by atoms with van der Waals surface area (Å²) >= 11 is 6.24. The zero-order valence-corrected chi connectivity index (χ0v) is 20.0. The second kappa shape index (κ2) is 10.4. The van der Waals surface area contributed by atoms with Crippen molar-refractivity contribution in [3.05, 3.63) is 81.9 Å². The Morgan fingerprint density at radius 3 is 2.60 bits per heavy atom. The summed E-state index contributed by atoms with van der Waals surface area (Å²) < 4.78 is 26.4. The third-order valence-electron chi connectivity index (χ3n) is 5.51. The van der Waals surface area contributed by atoms with Crippen LogP contribution >= 0.6 is 11.6 Å². The molecule has 2 heterocycles. The molecule has 0 spiro atoms. The summed E-state index contributed by atoms with van der Waals surface area (Å²) in [5.41, 5.74) is 8.37. The van der Waals surface area contributed by atoms with Gasteiger partial charge in [-0.2, -0.15) is 5.10 Å². The molecule has 1 aromatic heterocycles. The van der Waals surface area contributed by atoms with E-state index >= 15 is 0 Å². The largest absolute Gasteiger partial charge is 0.461 e. The number of hydrogen-bond acceptors (Lipinski definition) is 7. The molecule has 35 heavy (non-hydrogen) atoms. The lowest BCUT2D eigenvalue weighted by molar-refractivity contribution is -0.147. The predicted molar refractivity (Wildman–Crippen MR) is 128 cm³/mol. The summed E-state index contributed by atoms with van der Waals surface area (Å²) in [6.45, 7) is 3.52. The molecule has 3 aromatic rings. The minimum atomic E-state index is -0.738. The van der Waals surface area contributed by atoms with E-state index in [1.807, 2.05) is 13.8 Å². The fourth-order valence-corrected chi connectivity index (χ4v) is 3.74. The maximum atomic E-state index is 14.6. The van der Waals surface area contributed by atoms with Crippen molar-refractivity contribution in [2.24, 2.45) is 16.6 Å². The number of aromatic nitrogens is 2. The molecule has 0 amide bonds. The third-order valence-corrected chi connectivity index (χ3v) is 5.75. The molecule has 10 heteroatoms. The van der Waals surface area contributed by atoms with Gasteiger partial charge >= 0.3 is 11.9 Å². The Morgan fingerprint density at radius 1 is 1.11 bits per heavy atom. The normalized spacial score (nSPS) is 13.4. The third kappa shape index (κ3) is 5.26. The molecule has 0 unspecified atom stereocenters. The first kappa shape index (κ1) is 24.6. The number of aliphatic imine (C=N–C) groups is 1. The first-order valence-corrected chi connectivity index (χ1v) is 11.4. The summed E-state index contributed by atoms with van der Waals surface area (Å²) in [4.78, 5) is 29.0. The number of hydrogen-bond donors (Lipinski definition) is 1. The summed E-state index contributed by atoms with van der Waals surface area (Å²) in [6.07, 6.45) is 0. The first-order chi connectivity index (χ1) is 16.8. The molecular formula is C25H24ClFN4O4. The summed E-state index contributed by atoms with van der Waals surface area (Å²) in [5.74, 6) is -1.70. The highest BCUT2D eigenvalue weighted by atomic mass is 35.5. The van der Waals surface area contributed by atoms with Gasteiger partial charge in [-0.25, -0.2) is 13.9 Å². The molecule has 0 radical (unpaired) electrons. The molecular weight excluding hydrogens is 475 g/mol. The number of benzene rings is 2. The lowest BCUT2D eigenvalue weighted by Gasteiger charge is -2.14. The van der Waals surface area contributed by atoms with Gasteiger partial charge in [-0.3, -0.25) is 9.79 Å². The van der Waals surface area contributed by atoms with E-state index in [0.29, 0.717) is 33.2 Å². The van der Waals surface area contributed by atoms with Gasteiger partial charge in [-0.05, 0) is 42.3 Å². The number of carbonyl (C=O) groups is 2. The van der Waals surface area contributed by atoms with Crippen LogP contribution in [0, 0.1) is 11.7 Å². The van der Waals surface area contributed by atoms with Crippen LogP contribution in [-0.4, -0.2) is 46.7 Å². The highest BCUT2D eigenvalue weighted by molar-refractivity contribution is 6.31. The number of carbonyl (C=O) groups excluding carboxylic acids is 2. The highest BCUT2D eigenvalue weighted by Crippen LogP contribution is 2.28. The molecule has 0 fully saturated rings. The Bertz CT molecular complexity index is 1300. The fourth-order valence-electron chi connectivity index (χ4n) is 3.57. The Morgan fingerprint density at radius 2 is 1.86 bits per heavy atom. The Kier molecular flexibility index (Phi) is 7.28. The van der Waals surface area contributed by atoms with E-state index < -0.39 is 23.8 Å². The summed E-state index contributed by atoms with van der Waals surface area (Å²) in [7, 11) is 0. The number of esters is 2. The van der Waals surface area contributed by atoms with Crippen LogP contribution in [0.1, 0.15) is 41.2 Å². The van der Waals surface area contributed by atoms with Gasteiger partial charge in [-0.1, -0.05) is 37.6 Å². The molecule has 8 nitrogen and oxygen atoms in total. The van der Waals surface area contributed by atoms with E-state index in [2.05, 4.69) is 10.1 Å². The molecule has 1 aliphatic rings. The zero-order valence-electron chi connectivity index (χ0n) is 19.2. The van der Waals surface area contributed by atoms with Crippen LogP contribution in [-0.2, 0) is 20.8 Å². The lowest BCUT2D eigenvalue weighted by Crippen LogP contribution is -2.37. The van der Waals surface area contributed by atoms with Crippen LogP contribution in [0.3, 0.4) is 0 Å². The molecule has 2 N–H and O–H groups in total. The van der Waals surface area contributed by atoms with Gasteiger partial charge in [-0.15, -0.1) is 0 Å². The van der Waals surface area contributed by atoms with Crippen LogP contribution in [0.15, 0.2) is 53.5 Å². The van der Waals surface area contributed by atoms with Gasteiger partial charge in [0.15, 0.2) is 5.69 Å². The van der Waals surface area contributed by atoms with Gasteiger partial charge in [0.2, 0.25) is 0 Å². The number of fused-ring (bicyclic) bond motifs is 3. The average molecular weight is 499 g/mol. The quantitative estimate of drug-likeness (QED) is 0.393. The molecule has 0 bridgehead atoms. The maximum Gasteiger partial charge on any atom is 0.358 e. The SMILES string of the molecule is CC(C)[C@H](N)C(=O)OCCOC(=O)c1cc2n(n1)-c1ccc(Cl)cc1C(c1ccccc1F)=NC2. The molecule has 0 aliphatic carbocycles. The molecule has 0 saturated carbocycles. The van der Waals surface area contributed by atoms with Crippen molar-refractivity contribution in [2.75, 3.05) is 13.2 Å². The molecule has 4 rings (SSSR count). The van der Waals surface area contributed by atoms with Crippen molar-refractivity contribution >= 4 is 29.3 Å². The van der Waals surface area contributed by atoms with Crippen molar-refractivity contribution in [3.63, 3.8) is 0 Å². The highest BCUT2D eigenvalue weighted by Gasteiger charge is 2.25. The number of ether oxygens (including phenoxy) is 2. The van der Waals surface area contributed by atoms with Gasteiger partial charge in [0.1, 0.15) is 25.1 Å². The molecule has 1 atom stereocenters. The fraction of sp³-hybridized carbons (Fsp3) is 0.280. The number of rotatable bonds is 7. The van der Waals surface area contributed by atoms with E-state index in [1.165, 1.54) is 6.07 Å². The second-order valence-electron chi connectivity index (χ2n) is 8.31. The van der Waals surface area contributed by atoms with Crippen molar-refractivity contribution in [3.8, 4) is 5.69 Å². The van der Waals surface area contributed by atoms with Gasteiger partial charge in [0.05, 0.1) is 23.6 Å². The maximum absolute atomic E-state index is 14.6. The van der Waals surface area contributed by atoms with E-state index in [9.17, 15) is 14.0 Å². The summed E-state index contributed by atoms with van der Waals surface area (Å²) in [6, 6.07) is 12.3. The molecule has 1 aliphatic heterocycles. The number of nitrogens with zero attached hydrogens (tertiary/aromatic N) is 3. The minimum Gasteiger partial charge on any atom is -0.461 e. The number of halogens is 2. The Balaban J connectivity index is 1.54. The molecule has 182 valence electrons. The monoisotopic (exact) mass is 498 g/mol. The average Bonchev–Trinajstić information content (AvgIpc) is 3.20. The standard InChI is InChI=1S/C25H24ClFN4O4/c1-14(2)22(28)25(33)35-10-9-34-24(32)20-12-16-13-29-23(17-5-3-4-6-19(17)27)18-11-15(26)7-8-21(18)31(16)30-20/h3-8,11-12,14,22H,9-10,13,28H2,1-2H3/t22-/m0/s1. The van der Waals surface area contributed by atoms with Gasteiger partial charge in [0, 0.05) is 16.1 Å². The smallest absolute Gasteiger partial charge is 0.358 e. The Hall–Kier alpha value is -3.56. The van der Waals surface area contributed by atoms with Crippen LogP contribution in [0.2, 0.25) is 5.02 Å². The van der Waals surface area contributed by atoms with Crippen molar-refractivity contribution in [2.45, 2.75) is 26.4 Å². The van der Waals surface area contributed by atoms with Gasteiger partial charge in [0.25, 0.3) is 0 Å². The molecule has 2 aromatic carbocycles. The van der Waals surface area contributed by atoms with Crippen LogP contribution < -0.4 is 5.73 Å². The van der Waals surface area contributed by atoms with E-state index in [0.717, 1.165) is 0 Å². The first-order valence-electron chi connectivity index (χ1n) is 11.0. The van der Waals surface area contributed by atoms with E-state index in [1.54, 1.807) is 47.1 Å². The second-order valence-corrected chi connectivity index (χ2v) is 8.75. The topological polar surface area (TPSA) is 109 Å². The Labute approximate surface area is 206 Å². The van der Waals surface area contributed by atoms with E-state index in [4.69, 9.17) is 26.8 Å². The van der Waals surface area contributed by atoms with Crippen molar-refractivity contribution < 1.29 is 23.5 Å². The van der Waals surface area contributed by atoms with Crippen LogP contribution in [0.5, 0.6) is 0 Å². The van der Waals surface area contributed by atoms with Crippen molar-refractivity contribution in [1.29, 1.82) is 0 Å². The van der Waals surface area contributed by atoms with Crippen molar-refractivity contribution in [1.82, 2.24) is 9.78 Å². The van der Waals surface area contributed by atoms with Gasteiger partial charge < -0.3 is 15.2 Å². The zero-order chi connectivity index (χ0) is 25.1. The summed E-state index contributed by atoms with van der Waals surface area (Å²) in [5, 5.41) is 4.86. The number of nitrogens with two attached hydrogens (primary N) is 1. The van der Waals surface area contributed by atoms with Crippen LogP contribution in [0.4, 0.5) is 4.39 Å².